The van der Waals surface area contributed by atoms with Crippen molar-refractivity contribution >= 4 is 23.9 Å². The van der Waals surface area contributed by atoms with Gasteiger partial charge in [0.2, 0.25) is 12.3 Å². The largest absolute Gasteiger partial charge is 0.493 e. The first-order chi connectivity index (χ1) is 16.9. The van der Waals surface area contributed by atoms with Crippen LogP contribution in [0.4, 0.5) is 5.69 Å². The van der Waals surface area contributed by atoms with Crippen LogP contribution in [0.3, 0.4) is 0 Å². The Bertz CT molecular complexity index is 1120. The van der Waals surface area contributed by atoms with Gasteiger partial charge in [0.1, 0.15) is 0 Å². The number of hydrogen-bond donors (Lipinski definition) is 2. The van der Waals surface area contributed by atoms with E-state index < -0.39 is 12.1 Å². The van der Waals surface area contributed by atoms with E-state index in [0.29, 0.717) is 47.4 Å². The Kier molecular flexibility index (Phi) is 7.25. The van der Waals surface area contributed by atoms with Crippen LogP contribution in [-0.2, 0) is 16.1 Å². The van der Waals surface area contributed by atoms with Crippen molar-refractivity contribution < 1.29 is 29.1 Å². The summed E-state index contributed by atoms with van der Waals surface area (Å²) in [6, 6.07) is 9.89. The molecule has 4 rings (SSSR count). The average molecular weight is 482 g/mol. The first kappa shape index (κ1) is 24.5. The van der Waals surface area contributed by atoms with Gasteiger partial charge in [-0.05, 0) is 62.4 Å². The van der Waals surface area contributed by atoms with E-state index in [-0.39, 0.29) is 24.2 Å². The minimum absolute atomic E-state index is 0.0160. The zero-order valence-electron chi connectivity index (χ0n) is 20.2. The van der Waals surface area contributed by atoms with Crippen molar-refractivity contribution in [2.24, 2.45) is 5.92 Å². The topological polar surface area (TPSA) is 108 Å². The van der Waals surface area contributed by atoms with E-state index in [4.69, 9.17) is 9.47 Å². The molecule has 9 nitrogen and oxygen atoms in total. The second-order valence-corrected chi connectivity index (χ2v) is 8.97. The number of nitrogens with zero attached hydrogens (tertiary/aromatic N) is 2. The van der Waals surface area contributed by atoms with E-state index in [1.54, 1.807) is 31.1 Å². The molecule has 3 amide bonds. The maximum absolute atomic E-state index is 13.7. The minimum atomic E-state index is -0.555. The molecule has 1 heterocycles. The van der Waals surface area contributed by atoms with Crippen LogP contribution in [0.25, 0.3) is 0 Å². The smallest absolute Gasteiger partial charge is 0.257 e. The lowest BCUT2D eigenvalue weighted by molar-refractivity contribution is -0.160. The number of hydrogen-bond acceptors (Lipinski definition) is 6. The maximum Gasteiger partial charge on any atom is 0.257 e. The highest BCUT2D eigenvalue weighted by Crippen LogP contribution is 2.40. The molecular weight excluding hydrogens is 450 g/mol. The summed E-state index contributed by atoms with van der Waals surface area (Å²) >= 11 is 0. The molecule has 0 saturated heterocycles. The number of anilines is 1. The summed E-state index contributed by atoms with van der Waals surface area (Å²) in [5.41, 5.74) is 2.59. The van der Waals surface area contributed by atoms with Gasteiger partial charge < -0.3 is 19.7 Å². The zero-order chi connectivity index (χ0) is 25.1. The van der Waals surface area contributed by atoms with Gasteiger partial charge in [-0.1, -0.05) is 18.2 Å². The van der Waals surface area contributed by atoms with Crippen LogP contribution in [-0.4, -0.2) is 53.2 Å². The van der Waals surface area contributed by atoms with E-state index in [2.05, 4.69) is 5.32 Å². The van der Waals surface area contributed by atoms with Gasteiger partial charge in [-0.15, -0.1) is 0 Å². The molecule has 2 atom stereocenters. The van der Waals surface area contributed by atoms with Crippen LogP contribution in [0.15, 0.2) is 36.4 Å². The fourth-order valence-corrected chi connectivity index (χ4v) is 4.47. The lowest BCUT2D eigenvalue weighted by Gasteiger charge is -2.32. The number of nitrogens with one attached hydrogen (secondary N) is 1. The number of fused-ring (bicyclic) bond motifs is 1. The Morgan fingerprint density at radius 3 is 2.71 bits per heavy atom. The third-order valence-electron chi connectivity index (χ3n) is 6.54. The Morgan fingerprint density at radius 2 is 2.06 bits per heavy atom. The van der Waals surface area contributed by atoms with Gasteiger partial charge in [0, 0.05) is 12.5 Å². The lowest BCUT2D eigenvalue weighted by atomic mass is 9.97. The highest BCUT2D eigenvalue weighted by molar-refractivity contribution is 6.07. The summed E-state index contributed by atoms with van der Waals surface area (Å²) < 4.78 is 11.1. The SMILES string of the molecule is CCOc1cc(C(CC(C)N(O)C=O)N2Cc3cccc(NC(=O)C4CC4)c3C2=O)ccc1OC. The van der Waals surface area contributed by atoms with Gasteiger partial charge in [-0.25, -0.2) is 5.06 Å². The number of benzene rings is 2. The van der Waals surface area contributed by atoms with E-state index >= 15 is 0 Å². The summed E-state index contributed by atoms with van der Waals surface area (Å²) in [6.45, 7) is 4.36. The molecule has 1 aliphatic heterocycles. The van der Waals surface area contributed by atoms with Gasteiger partial charge in [-0.2, -0.15) is 0 Å². The molecule has 0 radical (unpaired) electrons. The van der Waals surface area contributed by atoms with E-state index in [0.717, 1.165) is 24.0 Å². The predicted octanol–water partition coefficient (Wildman–Crippen LogP) is 3.77. The third kappa shape index (κ3) is 5.09. The van der Waals surface area contributed by atoms with Crippen molar-refractivity contribution in [3.8, 4) is 11.5 Å². The van der Waals surface area contributed by atoms with Crippen LogP contribution < -0.4 is 14.8 Å². The highest BCUT2D eigenvalue weighted by Gasteiger charge is 2.38. The quantitative estimate of drug-likeness (QED) is 0.287. The molecule has 35 heavy (non-hydrogen) atoms. The lowest BCUT2D eigenvalue weighted by Crippen LogP contribution is -2.36. The molecule has 2 unspecified atom stereocenters. The van der Waals surface area contributed by atoms with Crippen molar-refractivity contribution in [1.29, 1.82) is 0 Å². The molecule has 2 aromatic rings. The van der Waals surface area contributed by atoms with Crippen molar-refractivity contribution in [2.75, 3.05) is 19.0 Å². The van der Waals surface area contributed by atoms with Crippen LogP contribution in [0.2, 0.25) is 0 Å². The van der Waals surface area contributed by atoms with Crippen molar-refractivity contribution in [1.82, 2.24) is 9.96 Å². The first-order valence-corrected chi connectivity index (χ1v) is 11.8. The number of amides is 3. The molecule has 1 aliphatic carbocycles. The van der Waals surface area contributed by atoms with Crippen LogP contribution >= 0.6 is 0 Å². The summed E-state index contributed by atoms with van der Waals surface area (Å²) in [5.74, 6) is 0.854. The van der Waals surface area contributed by atoms with E-state index in [1.807, 2.05) is 31.2 Å². The van der Waals surface area contributed by atoms with E-state index in [9.17, 15) is 19.6 Å². The molecule has 2 N–H and O–H groups in total. The molecule has 186 valence electrons. The number of hydroxylamine groups is 2. The molecular formula is C26H31N3O6. The van der Waals surface area contributed by atoms with Crippen molar-refractivity contribution in [3.05, 3.63) is 53.1 Å². The summed E-state index contributed by atoms with van der Waals surface area (Å²) in [7, 11) is 1.56. The fraction of sp³-hybridized carbons (Fsp3) is 0.423. The van der Waals surface area contributed by atoms with Crippen molar-refractivity contribution in [3.63, 3.8) is 0 Å². The van der Waals surface area contributed by atoms with E-state index in [1.165, 1.54) is 0 Å². The number of carbonyl (C=O) groups is 3. The Morgan fingerprint density at radius 1 is 1.29 bits per heavy atom. The van der Waals surface area contributed by atoms with Gasteiger partial charge in [0.25, 0.3) is 5.91 Å². The standard InChI is InChI=1S/C26H31N3O6/c1-4-35-23-13-18(10-11-22(23)34-3)21(12-16(2)29(33)15-30)28-14-19-6-5-7-20(24(19)26(28)32)27-25(31)17-8-9-17/h5-7,10-11,13,15-17,21,33H,4,8-9,12,14H2,1-3H3,(H,27,31). The normalized spacial score (nSPS) is 16.3. The summed E-state index contributed by atoms with van der Waals surface area (Å²) in [4.78, 5) is 39.0. The Balaban J connectivity index is 1.69. The minimum Gasteiger partial charge on any atom is -0.493 e. The molecule has 2 aromatic carbocycles. The summed E-state index contributed by atoms with van der Waals surface area (Å²) in [5, 5.41) is 13.5. The highest BCUT2D eigenvalue weighted by atomic mass is 16.5. The maximum atomic E-state index is 13.7. The predicted molar refractivity (Wildman–Crippen MR) is 128 cm³/mol. The molecule has 1 saturated carbocycles. The van der Waals surface area contributed by atoms with Crippen LogP contribution in [0.1, 0.15) is 60.6 Å². The monoisotopic (exact) mass is 481 g/mol. The third-order valence-corrected chi connectivity index (χ3v) is 6.54. The first-order valence-electron chi connectivity index (χ1n) is 11.8. The van der Waals surface area contributed by atoms with Gasteiger partial charge in [0.15, 0.2) is 11.5 Å². The Labute approximate surface area is 204 Å². The molecule has 0 bridgehead atoms. The Hall–Kier alpha value is -3.59. The van der Waals surface area contributed by atoms with Gasteiger partial charge in [0.05, 0.1) is 37.1 Å². The van der Waals surface area contributed by atoms with Gasteiger partial charge in [-0.3, -0.25) is 19.6 Å². The molecule has 9 heteroatoms. The molecule has 1 fully saturated rings. The van der Waals surface area contributed by atoms with Crippen LogP contribution in [0.5, 0.6) is 11.5 Å². The number of ether oxygens (including phenoxy) is 2. The second-order valence-electron chi connectivity index (χ2n) is 8.97. The fourth-order valence-electron chi connectivity index (χ4n) is 4.47. The zero-order valence-corrected chi connectivity index (χ0v) is 20.2. The molecule has 0 spiro atoms. The molecule has 2 aliphatic rings. The number of methoxy groups -OCH3 is 1. The second kappa shape index (κ2) is 10.4. The van der Waals surface area contributed by atoms with Crippen molar-refractivity contribution in [2.45, 2.75) is 51.7 Å². The average Bonchev–Trinajstić information content (AvgIpc) is 3.66. The summed E-state index contributed by atoms with van der Waals surface area (Å²) in [6.07, 6.45) is 2.38. The van der Waals surface area contributed by atoms with Gasteiger partial charge >= 0.3 is 0 Å². The number of rotatable bonds is 11. The van der Waals surface area contributed by atoms with Crippen LogP contribution in [0, 0.1) is 5.92 Å². The molecule has 0 aromatic heterocycles. The number of carbonyl (C=O) groups excluding carboxylic acids is 3.